The molecule has 1 saturated heterocycles. The van der Waals surface area contributed by atoms with E-state index >= 15 is 0 Å². The summed E-state index contributed by atoms with van der Waals surface area (Å²) in [5, 5.41) is 11.0. The number of hydrogen-bond acceptors (Lipinski definition) is 4. The van der Waals surface area contributed by atoms with E-state index in [9.17, 15) is 18.0 Å². The molecular weight excluding hydrogens is 286 g/mol. The van der Waals surface area contributed by atoms with Gasteiger partial charge in [-0.25, -0.2) is 17.5 Å². The lowest BCUT2D eigenvalue weighted by atomic mass is 10.00. The third kappa shape index (κ3) is 5.74. The number of nitrogens with two attached hydrogens (primary N) is 1. The SMILES string of the molecule is NC(=O)NCC1CCCN(S(=O)(=O)CCCC(=O)O)C1. The summed E-state index contributed by atoms with van der Waals surface area (Å²) < 4.78 is 25.5. The van der Waals surface area contributed by atoms with E-state index in [0.717, 1.165) is 12.8 Å². The molecule has 20 heavy (non-hydrogen) atoms. The van der Waals surface area contributed by atoms with Gasteiger partial charge >= 0.3 is 12.0 Å². The van der Waals surface area contributed by atoms with Crippen molar-refractivity contribution in [3.63, 3.8) is 0 Å². The fourth-order valence-electron chi connectivity index (χ4n) is 2.23. The normalized spacial score (nSPS) is 20.5. The molecule has 0 bridgehead atoms. The van der Waals surface area contributed by atoms with Crippen molar-refractivity contribution in [3.8, 4) is 0 Å². The summed E-state index contributed by atoms with van der Waals surface area (Å²) >= 11 is 0. The Morgan fingerprint density at radius 3 is 2.70 bits per heavy atom. The monoisotopic (exact) mass is 307 g/mol. The number of amides is 2. The largest absolute Gasteiger partial charge is 0.481 e. The van der Waals surface area contributed by atoms with Crippen LogP contribution in [-0.2, 0) is 14.8 Å². The number of piperidine rings is 1. The van der Waals surface area contributed by atoms with Gasteiger partial charge < -0.3 is 16.2 Å². The molecule has 0 aromatic heterocycles. The van der Waals surface area contributed by atoms with Crippen molar-refractivity contribution in [1.29, 1.82) is 0 Å². The van der Waals surface area contributed by atoms with Crippen molar-refractivity contribution in [1.82, 2.24) is 9.62 Å². The first-order chi connectivity index (χ1) is 9.31. The Balaban J connectivity index is 2.48. The molecular formula is C11H21N3O5S. The molecule has 1 aliphatic rings. The number of urea groups is 1. The molecule has 0 radical (unpaired) electrons. The predicted octanol–water partition coefficient (Wildman–Crippen LogP) is -0.439. The first-order valence-corrected chi connectivity index (χ1v) is 8.15. The van der Waals surface area contributed by atoms with Crippen LogP contribution in [0.3, 0.4) is 0 Å². The average molecular weight is 307 g/mol. The van der Waals surface area contributed by atoms with Crippen LogP contribution in [0.25, 0.3) is 0 Å². The number of sulfonamides is 1. The molecule has 1 rings (SSSR count). The van der Waals surface area contributed by atoms with Crippen LogP contribution in [0.5, 0.6) is 0 Å². The Bertz CT molecular complexity index is 451. The number of carbonyl (C=O) groups excluding carboxylic acids is 1. The lowest BCUT2D eigenvalue weighted by Gasteiger charge is -2.31. The number of primary amides is 1. The summed E-state index contributed by atoms with van der Waals surface area (Å²) in [5.74, 6) is -1.11. The fraction of sp³-hybridized carbons (Fsp3) is 0.818. The van der Waals surface area contributed by atoms with E-state index in [4.69, 9.17) is 10.8 Å². The molecule has 0 aromatic carbocycles. The fourth-order valence-corrected chi connectivity index (χ4v) is 3.84. The van der Waals surface area contributed by atoms with Gasteiger partial charge in [0.05, 0.1) is 5.75 Å². The molecule has 1 unspecified atom stereocenters. The summed E-state index contributed by atoms with van der Waals surface area (Å²) in [6.45, 7) is 1.15. The van der Waals surface area contributed by atoms with Crippen LogP contribution in [0.4, 0.5) is 4.79 Å². The molecule has 8 nitrogen and oxygen atoms in total. The van der Waals surface area contributed by atoms with Crippen LogP contribution in [0.1, 0.15) is 25.7 Å². The van der Waals surface area contributed by atoms with E-state index in [1.54, 1.807) is 0 Å². The number of carboxylic acid groups (broad SMARTS) is 1. The van der Waals surface area contributed by atoms with Crippen LogP contribution < -0.4 is 11.1 Å². The number of aliphatic carboxylic acids is 1. The van der Waals surface area contributed by atoms with Gasteiger partial charge in [0.1, 0.15) is 0 Å². The number of rotatable bonds is 7. The molecule has 2 amide bonds. The Hall–Kier alpha value is -1.35. The standard InChI is InChI=1S/C11H21N3O5S/c12-11(17)13-7-9-3-1-5-14(8-9)20(18,19)6-2-4-10(15)16/h9H,1-8H2,(H,15,16)(H3,12,13,17). The van der Waals surface area contributed by atoms with Gasteiger partial charge in [0.2, 0.25) is 10.0 Å². The van der Waals surface area contributed by atoms with Crippen molar-refractivity contribution >= 4 is 22.0 Å². The summed E-state index contributed by atoms with van der Waals surface area (Å²) in [5.41, 5.74) is 4.99. The lowest BCUT2D eigenvalue weighted by Crippen LogP contribution is -2.45. The van der Waals surface area contributed by atoms with Crippen LogP contribution in [0.2, 0.25) is 0 Å². The summed E-state index contributed by atoms with van der Waals surface area (Å²) in [4.78, 5) is 21.1. The second-order valence-corrected chi connectivity index (χ2v) is 7.01. The van der Waals surface area contributed by atoms with E-state index in [-0.39, 0.29) is 24.5 Å². The summed E-state index contributed by atoms with van der Waals surface area (Å²) in [6, 6.07) is -0.619. The highest BCUT2D eigenvalue weighted by Crippen LogP contribution is 2.19. The minimum Gasteiger partial charge on any atom is -0.481 e. The highest BCUT2D eigenvalue weighted by molar-refractivity contribution is 7.89. The Morgan fingerprint density at radius 2 is 2.10 bits per heavy atom. The number of carboxylic acids is 1. The van der Waals surface area contributed by atoms with E-state index in [1.165, 1.54) is 4.31 Å². The summed E-state index contributed by atoms with van der Waals surface area (Å²) in [6.07, 6.45) is 1.52. The van der Waals surface area contributed by atoms with Crippen molar-refractivity contribution in [2.45, 2.75) is 25.7 Å². The highest BCUT2D eigenvalue weighted by atomic mass is 32.2. The quantitative estimate of drug-likeness (QED) is 0.587. The maximum Gasteiger partial charge on any atom is 0.312 e. The maximum atomic E-state index is 12.1. The topological polar surface area (TPSA) is 130 Å². The first kappa shape index (κ1) is 16.7. The van der Waals surface area contributed by atoms with Crippen molar-refractivity contribution in [2.24, 2.45) is 11.7 Å². The van der Waals surface area contributed by atoms with Gasteiger partial charge in [-0.2, -0.15) is 0 Å². The van der Waals surface area contributed by atoms with Crippen molar-refractivity contribution in [2.75, 3.05) is 25.4 Å². The molecule has 1 fully saturated rings. The van der Waals surface area contributed by atoms with Gasteiger partial charge in [-0.3, -0.25) is 4.79 Å². The van der Waals surface area contributed by atoms with Gasteiger partial charge in [-0.15, -0.1) is 0 Å². The minimum atomic E-state index is -3.42. The first-order valence-electron chi connectivity index (χ1n) is 6.54. The number of nitrogens with one attached hydrogen (secondary N) is 1. The molecule has 1 aliphatic heterocycles. The molecule has 1 atom stereocenters. The van der Waals surface area contributed by atoms with E-state index < -0.39 is 22.0 Å². The van der Waals surface area contributed by atoms with Gasteiger partial charge in [-0.1, -0.05) is 0 Å². The molecule has 9 heteroatoms. The number of hydrogen-bond donors (Lipinski definition) is 3. The highest BCUT2D eigenvalue weighted by Gasteiger charge is 2.28. The maximum absolute atomic E-state index is 12.1. The summed E-state index contributed by atoms with van der Waals surface area (Å²) in [7, 11) is -3.42. The smallest absolute Gasteiger partial charge is 0.312 e. The Kier molecular flexibility index (Phi) is 6.21. The zero-order chi connectivity index (χ0) is 15.2. The number of nitrogens with zero attached hydrogens (tertiary/aromatic N) is 1. The van der Waals surface area contributed by atoms with E-state index in [0.29, 0.717) is 19.6 Å². The zero-order valence-corrected chi connectivity index (χ0v) is 12.1. The number of carbonyl (C=O) groups is 2. The molecule has 0 aliphatic carbocycles. The van der Waals surface area contributed by atoms with E-state index in [2.05, 4.69) is 5.32 Å². The molecule has 0 aromatic rings. The third-order valence-electron chi connectivity index (χ3n) is 3.23. The molecule has 0 saturated carbocycles. The van der Waals surface area contributed by atoms with Crippen LogP contribution in [0.15, 0.2) is 0 Å². The zero-order valence-electron chi connectivity index (χ0n) is 11.2. The molecule has 116 valence electrons. The predicted molar refractivity (Wildman–Crippen MR) is 72.5 cm³/mol. The second kappa shape index (κ2) is 7.44. The van der Waals surface area contributed by atoms with Gasteiger partial charge in [0.25, 0.3) is 0 Å². The van der Waals surface area contributed by atoms with E-state index in [1.807, 2.05) is 0 Å². The average Bonchev–Trinajstić information content (AvgIpc) is 2.36. The Labute approximate surface area is 118 Å². The van der Waals surface area contributed by atoms with Crippen molar-refractivity contribution < 1.29 is 23.1 Å². The van der Waals surface area contributed by atoms with Crippen LogP contribution in [-0.4, -0.2) is 55.2 Å². The van der Waals surface area contributed by atoms with Crippen LogP contribution >= 0.6 is 0 Å². The molecule has 4 N–H and O–H groups in total. The van der Waals surface area contributed by atoms with Gasteiger partial charge in [-0.05, 0) is 25.2 Å². The molecule has 0 spiro atoms. The lowest BCUT2D eigenvalue weighted by molar-refractivity contribution is -0.137. The van der Waals surface area contributed by atoms with Crippen molar-refractivity contribution in [3.05, 3.63) is 0 Å². The molecule has 1 heterocycles. The van der Waals surface area contributed by atoms with Gasteiger partial charge in [0, 0.05) is 26.1 Å². The van der Waals surface area contributed by atoms with Gasteiger partial charge in [0.15, 0.2) is 0 Å². The minimum absolute atomic E-state index is 0.0468. The second-order valence-electron chi connectivity index (χ2n) is 4.92. The third-order valence-corrected chi connectivity index (χ3v) is 5.16. The Morgan fingerprint density at radius 1 is 1.40 bits per heavy atom. The van der Waals surface area contributed by atoms with Crippen LogP contribution in [0, 0.1) is 5.92 Å².